The van der Waals surface area contributed by atoms with E-state index in [1.807, 2.05) is 6.20 Å². The molecule has 0 fully saturated rings. The number of pyridine rings is 1. The predicted molar refractivity (Wildman–Crippen MR) is 275 cm³/mol. The highest BCUT2D eigenvalue weighted by atomic mass is 15.2. The van der Waals surface area contributed by atoms with E-state index in [1.165, 1.54) is 82.8 Å². The maximum absolute atomic E-state index is 5.37. The second-order valence-electron chi connectivity index (χ2n) is 18.3. The first-order valence-corrected chi connectivity index (χ1v) is 22.9. The topological polar surface area (TPSA) is 26.0 Å². The van der Waals surface area contributed by atoms with Crippen molar-refractivity contribution in [2.45, 2.75) is 19.3 Å². The number of rotatable bonds is 3. The number of benzene rings is 9. The number of aromatic nitrogens is 3. The van der Waals surface area contributed by atoms with Crippen molar-refractivity contribution >= 4 is 60.7 Å². The van der Waals surface area contributed by atoms with Crippen molar-refractivity contribution in [3.05, 3.63) is 230 Å². The first-order valence-electron chi connectivity index (χ1n) is 22.9. The average molecular weight is 843 g/mol. The summed E-state index contributed by atoms with van der Waals surface area (Å²) in [7, 11) is 0. The van der Waals surface area contributed by atoms with E-state index in [0.717, 1.165) is 45.0 Å². The second kappa shape index (κ2) is 13.8. The highest BCUT2D eigenvalue weighted by Gasteiger charge is 2.39. The van der Waals surface area contributed by atoms with Crippen molar-refractivity contribution in [2.24, 2.45) is 0 Å². The van der Waals surface area contributed by atoms with E-state index in [1.54, 1.807) is 0 Å². The summed E-state index contributed by atoms with van der Waals surface area (Å²) < 4.78 is 4.87. The van der Waals surface area contributed by atoms with E-state index < -0.39 is 0 Å². The molecule has 0 unspecified atom stereocenters. The van der Waals surface area contributed by atoms with E-state index in [-0.39, 0.29) is 5.41 Å². The van der Waals surface area contributed by atoms with Crippen LogP contribution in [0.15, 0.2) is 219 Å². The average Bonchev–Trinajstić information content (AvgIpc) is 3.89. The van der Waals surface area contributed by atoms with Crippen LogP contribution >= 0.6 is 0 Å². The number of nitrogens with zero attached hydrogens (tertiary/aromatic N) is 4. The van der Waals surface area contributed by atoms with Gasteiger partial charge in [-0.1, -0.05) is 141 Å². The van der Waals surface area contributed by atoms with Gasteiger partial charge in [-0.2, -0.15) is 0 Å². The molecule has 3 aromatic heterocycles. The molecule has 66 heavy (non-hydrogen) atoms. The molecule has 2 aliphatic rings. The molecule has 14 rings (SSSR count). The fourth-order valence-corrected chi connectivity index (χ4v) is 11.5. The molecule has 1 aliphatic heterocycles. The van der Waals surface area contributed by atoms with Crippen molar-refractivity contribution in [3.63, 3.8) is 0 Å². The first kappa shape index (κ1) is 37.0. The minimum atomic E-state index is -0.307. The maximum atomic E-state index is 5.37. The summed E-state index contributed by atoms with van der Waals surface area (Å²) in [4.78, 5) is 7.84. The summed E-state index contributed by atoms with van der Waals surface area (Å²) in [5.41, 5.74) is 21.8. The third kappa shape index (κ3) is 5.12. The van der Waals surface area contributed by atoms with Crippen LogP contribution in [0.25, 0.3) is 99.6 Å². The molecule has 0 spiro atoms. The smallest absolute Gasteiger partial charge is 0.0786 e. The number of anilines is 3. The van der Waals surface area contributed by atoms with E-state index >= 15 is 0 Å². The number of hydrogen-bond acceptors (Lipinski definition) is 2. The monoisotopic (exact) mass is 842 g/mol. The van der Waals surface area contributed by atoms with E-state index in [2.05, 4.69) is 240 Å². The minimum Gasteiger partial charge on any atom is -0.310 e. The molecule has 0 bridgehead atoms. The van der Waals surface area contributed by atoms with Gasteiger partial charge in [0.1, 0.15) is 0 Å². The van der Waals surface area contributed by atoms with Gasteiger partial charge in [0.05, 0.1) is 39.1 Å². The molecular formula is C62H42N4. The summed E-state index contributed by atoms with van der Waals surface area (Å²) in [6, 6.07) is 78.4. The zero-order valence-corrected chi connectivity index (χ0v) is 36.6. The Morgan fingerprint density at radius 2 is 0.818 bits per heavy atom. The fourth-order valence-electron chi connectivity index (χ4n) is 11.5. The zero-order valence-electron chi connectivity index (χ0n) is 36.6. The molecule has 4 heterocycles. The molecular weight excluding hydrogens is 801 g/mol. The van der Waals surface area contributed by atoms with Gasteiger partial charge in [0.2, 0.25) is 0 Å². The largest absolute Gasteiger partial charge is 0.310 e. The van der Waals surface area contributed by atoms with Crippen LogP contribution in [0.1, 0.15) is 25.0 Å². The van der Waals surface area contributed by atoms with E-state index in [4.69, 9.17) is 4.98 Å². The van der Waals surface area contributed by atoms with E-state index in [9.17, 15) is 0 Å². The van der Waals surface area contributed by atoms with Crippen molar-refractivity contribution in [1.29, 1.82) is 0 Å². The Bertz CT molecular complexity index is 3870. The summed E-state index contributed by atoms with van der Waals surface area (Å²) in [5.74, 6) is 0. The Hall–Kier alpha value is -8.47. The second-order valence-corrected chi connectivity index (χ2v) is 18.3. The lowest BCUT2D eigenvalue weighted by Gasteiger charge is -2.43. The molecule has 0 N–H and O–H groups in total. The van der Waals surface area contributed by atoms with Gasteiger partial charge in [0.25, 0.3) is 0 Å². The molecule has 0 radical (unpaired) electrons. The van der Waals surface area contributed by atoms with Gasteiger partial charge >= 0.3 is 0 Å². The van der Waals surface area contributed by atoms with E-state index in [0.29, 0.717) is 0 Å². The lowest BCUT2D eigenvalue weighted by molar-refractivity contribution is 0.632. The SMILES string of the molecule is CC1(C)c2ccccc2N(c2ccccc2)c2cc3c(cc21)-c1ncccc1-c1cc(-n2c4ccccc4c4ccccc42)ccc1-c1ccc(-n2c4ccccc4c4ccccc42)cc1-3. The van der Waals surface area contributed by atoms with Crippen molar-refractivity contribution in [2.75, 3.05) is 4.90 Å². The quantitative estimate of drug-likeness (QED) is 0.177. The Morgan fingerprint density at radius 1 is 0.333 bits per heavy atom. The third-order valence-corrected chi connectivity index (χ3v) is 14.5. The lowest BCUT2D eigenvalue weighted by atomic mass is 9.71. The van der Waals surface area contributed by atoms with Crippen molar-refractivity contribution < 1.29 is 0 Å². The Balaban J connectivity index is 1.10. The fraction of sp³-hybridized carbons (Fsp3) is 0.0484. The molecule has 310 valence electrons. The molecule has 4 heteroatoms. The minimum absolute atomic E-state index is 0.307. The number of para-hydroxylation sites is 6. The molecule has 1 aliphatic carbocycles. The molecule has 0 amide bonds. The van der Waals surface area contributed by atoms with Crippen LogP contribution in [0.3, 0.4) is 0 Å². The van der Waals surface area contributed by atoms with Gasteiger partial charge in [0.15, 0.2) is 0 Å². The van der Waals surface area contributed by atoms with Gasteiger partial charge in [0, 0.05) is 61.3 Å². The number of fused-ring (bicyclic) bond motifs is 16. The third-order valence-electron chi connectivity index (χ3n) is 14.5. The highest BCUT2D eigenvalue weighted by Crippen LogP contribution is 2.57. The molecule has 4 nitrogen and oxygen atoms in total. The van der Waals surface area contributed by atoms with Gasteiger partial charge in [-0.3, -0.25) is 4.98 Å². The summed E-state index contributed by atoms with van der Waals surface area (Å²) >= 11 is 0. The molecule has 0 saturated heterocycles. The molecule has 0 atom stereocenters. The molecule has 0 saturated carbocycles. The van der Waals surface area contributed by atoms with Gasteiger partial charge < -0.3 is 14.0 Å². The van der Waals surface area contributed by atoms with Crippen molar-refractivity contribution in [1.82, 2.24) is 14.1 Å². The predicted octanol–water partition coefficient (Wildman–Crippen LogP) is 16.4. The lowest BCUT2D eigenvalue weighted by Crippen LogP contribution is -2.30. The van der Waals surface area contributed by atoms with Crippen molar-refractivity contribution in [3.8, 4) is 56.0 Å². The van der Waals surface area contributed by atoms with Gasteiger partial charge in [-0.25, -0.2) is 0 Å². The Kier molecular flexibility index (Phi) is 7.71. The van der Waals surface area contributed by atoms with Crippen LogP contribution in [0.4, 0.5) is 17.1 Å². The van der Waals surface area contributed by atoms with Crippen LogP contribution in [0, 0.1) is 0 Å². The zero-order chi connectivity index (χ0) is 43.7. The van der Waals surface area contributed by atoms with Crippen LogP contribution in [-0.4, -0.2) is 14.1 Å². The normalized spacial score (nSPS) is 13.4. The Morgan fingerprint density at radius 3 is 1.39 bits per heavy atom. The number of hydrogen-bond donors (Lipinski definition) is 0. The summed E-state index contributed by atoms with van der Waals surface area (Å²) in [6.45, 7) is 4.76. The maximum Gasteiger partial charge on any atom is 0.0786 e. The highest BCUT2D eigenvalue weighted by molar-refractivity contribution is 6.12. The molecule has 9 aromatic carbocycles. The van der Waals surface area contributed by atoms with Gasteiger partial charge in [-0.15, -0.1) is 0 Å². The standard InChI is InChI=1S/C62H42N4/c1-62(2)53-24-10-15-29-59(53)64(39-17-4-3-5-18-39)60-38-51-50-36-41(66-57-27-13-8-21-46(57)47-22-9-14-28-58(47)66)31-33-43(50)42-32-30-40(35-49(42)48-23-16-34-63-61(48)52(51)37-54(60)62)65-55-25-11-6-19-44(55)45-20-7-12-26-56(45)65/h3-38H,1-2H3. The van der Waals surface area contributed by atoms with Crippen LogP contribution in [0.2, 0.25) is 0 Å². The summed E-state index contributed by atoms with van der Waals surface area (Å²) in [5, 5.41) is 4.99. The molecule has 12 aromatic rings. The van der Waals surface area contributed by atoms with Crippen LogP contribution < -0.4 is 4.90 Å². The van der Waals surface area contributed by atoms with Crippen LogP contribution in [0.5, 0.6) is 0 Å². The van der Waals surface area contributed by atoms with Gasteiger partial charge in [-0.05, 0) is 124 Å². The van der Waals surface area contributed by atoms with Crippen LogP contribution in [-0.2, 0) is 5.41 Å². The summed E-state index contributed by atoms with van der Waals surface area (Å²) in [6.07, 6.45) is 1.96. The Labute approximate surface area is 382 Å². The first-order chi connectivity index (χ1) is 32.5.